The highest BCUT2D eigenvalue weighted by molar-refractivity contribution is 6.06. The smallest absolute Gasteiger partial charge is 0.194 e. The molecule has 2 heterocycles. The van der Waals surface area contributed by atoms with Crippen LogP contribution in [0.15, 0.2) is 205 Å². The Labute approximate surface area is 340 Å². The summed E-state index contributed by atoms with van der Waals surface area (Å²) in [6.07, 6.45) is 0. The predicted octanol–water partition coefficient (Wildman–Crippen LogP) is 15.0. The van der Waals surface area contributed by atoms with Gasteiger partial charge in [0.15, 0.2) is 23.0 Å². The monoisotopic (exact) mass is 755 g/mol. The van der Waals surface area contributed by atoms with Crippen LogP contribution in [0.2, 0.25) is 0 Å². The molecule has 9 aromatic carbocycles. The first-order valence-corrected chi connectivity index (χ1v) is 20.1. The Morgan fingerprint density at radius 3 is 1.76 bits per heavy atom. The van der Waals surface area contributed by atoms with Crippen molar-refractivity contribution >= 4 is 39.0 Å². The minimum Gasteiger partial charge on any atom is -0.456 e. The zero-order valence-electron chi connectivity index (χ0n) is 31.7. The largest absolute Gasteiger partial charge is 0.456 e. The number of nitrogens with zero attached hydrogens (tertiary/aromatic N) is 1. The first-order valence-electron chi connectivity index (χ1n) is 20.1. The molecular formula is C55H33NO3. The average Bonchev–Trinajstić information content (AvgIpc) is 3.93. The second kappa shape index (κ2) is 12.1. The number of hydrogen-bond acceptors (Lipinski definition) is 4. The van der Waals surface area contributed by atoms with Crippen molar-refractivity contribution in [3.8, 4) is 56.4 Å². The summed E-state index contributed by atoms with van der Waals surface area (Å²) >= 11 is 0. The normalized spacial score (nSPS) is 13.5. The molecule has 1 aromatic heterocycles. The fraction of sp³-hybridized carbons (Fsp3) is 0.0182. The third kappa shape index (κ3) is 4.43. The van der Waals surface area contributed by atoms with E-state index < -0.39 is 5.41 Å². The van der Waals surface area contributed by atoms with E-state index in [1.54, 1.807) is 0 Å². The van der Waals surface area contributed by atoms with Crippen molar-refractivity contribution in [2.24, 2.45) is 0 Å². The lowest BCUT2D eigenvalue weighted by atomic mass is 9.70. The van der Waals surface area contributed by atoms with Gasteiger partial charge in [-0.25, -0.2) is 0 Å². The molecule has 13 rings (SSSR count). The fourth-order valence-electron chi connectivity index (χ4n) is 10.1. The minimum atomic E-state index is -0.482. The van der Waals surface area contributed by atoms with E-state index in [1.165, 1.54) is 33.4 Å². The molecule has 10 aromatic rings. The molecule has 4 heteroatoms. The van der Waals surface area contributed by atoms with E-state index in [-0.39, 0.29) is 0 Å². The number of anilines is 3. The average molecular weight is 756 g/mol. The lowest BCUT2D eigenvalue weighted by Gasteiger charge is -2.32. The van der Waals surface area contributed by atoms with Gasteiger partial charge < -0.3 is 18.8 Å². The van der Waals surface area contributed by atoms with Crippen LogP contribution in [0.3, 0.4) is 0 Å². The number of ether oxygens (including phenoxy) is 2. The zero-order valence-corrected chi connectivity index (χ0v) is 31.7. The highest BCUT2D eigenvalue weighted by Crippen LogP contribution is 2.66. The standard InChI is InChI=1S/C55H33NO3/c1-2-13-36(14-3-1)56(37-28-25-34(26-29-37)35-27-31-49-42(33-35)40-17-7-11-23-48(40)57-49)47-22-12-24-50-53(47)59-54-51(58-50)32-30-46-52(54)41-18-6-10-21-45(41)55(46)43-19-8-4-15-38(43)39-16-5-9-20-44(39)55/h1-33H. The molecule has 59 heavy (non-hydrogen) atoms. The van der Waals surface area contributed by atoms with Crippen LogP contribution in [0.4, 0.5) is 17.1 Å². The van der Waals surface area contributed by atoms with Gasteiger partial charge in [0.25, 0.3) is 0 Å². The van der Waals surface area contributed by atoms with E-state index in [4.69, 9.17) is 13.9 Å². The van der Waals surface area contributed by atoms with Crippen LogP contribution in [0.5, 0.6) is 23.0 Å². The molecule has 0 unspecified atom stereocenters. The van der Waals surface area contributed by atoms with Gasteiger partial charge in [-0.1, -0.05) is 140 Å². The molecule has 0 fully saturated rings. The summed E-state index contributed by atoms with van der Waals surface area (Å²) in [5.41, 5.74) is 16.3. The number of benzene rings is 9. The molecule has 0 radical (unpaired) electrons. The van der Waals surface area contributed by atoms with Crippen molar-refractivity contribution < 1.29 is 13.9 Å². The summed E-state index contributed by atoms with van der Waals surface area (Å²) in [6.45, 7) is 0. The van der Waals surface area contributed by atoms with Crippen LogP contribution in [-0.4, -0.2) is 0 Å². The Balaban J connectivity index is 0.955. The summed E-state index contributed by atoms with van der Waals surface area (Å²) in [5, 5.41) is 2.24. The fourth-order valence-corrected chi connectivity index (χ4v) is 10.1. The summed E-state index contributed by atoms with van der Waals surface area (Å²) < 4.78 is 20.3. The summed E-state index contributed by atoms with van der Waals surface area (Å²) in [5.74, 6) is 2.78. The molecule has 0 amide bonds. The second-order valence-corrected chi connectivity index (χ2v) is 15.5. The molecule has 4 nitrogen and oxygen atoms in total. The van der Waals surface area contributed by atoms with E-state index >= 15 is 0 Å². The van der Waals surface area contributed by atoms with Gasteiger partial charge in [-0.2, -0.15) is 0 Å². The summed E-state index contributed by atoms with van der Waals surface area (Å²) in [6, 6.07) is 70.9. The van der Waals surface area contributed by atoms with Crippen molar-refractivity contribution in [1.82, 2.24) is 0 Å². The Bertz CT molecular complexity index is 3300. The molecule has 1 aliphatic heterocycles. The molecule has 0 N–H and O–H groups in total. The Morgan fingerprint density at radius 2 is 0.983 bits per heavy atom. The number of hydrogen-bond donors (Lipinski definition) is 0. The highest BCUT2D eigenvalue weighted by Gasteiger charge is 2.53. The molecular weight excluding hydrogens is 723 g/mol. The molecule has 2 aliphatic carbocycles. The molecule has 3 aliphatic rings. The van der Waals surface area contributed by atoms with E-state index in [0.717, 1.165) is 67.0 Å². The van der Waals surface area contributed by atoms with E-state index in [9.17, 15) is 0 Å². The predicted molar refractivity (Wildman–Crippen MR) is 237 cm³/mol. The van der Waals surface area contributed by atoms with Crippen molar-refractivity contribution in [3.05, 3.63) is 222 Å². The van der Waals surface area contributed by atoms with Crippen molar-refractivity contribution in [1.29, 1.82) is 0 Å². The maximum absolute atomic E-state index is 7.30. The lowest BCUT2D eigenvalue weighted by Crippen LogP contribution is -2.25. The number of furan rings is 1. The molecule has 0 bridgehead atoms. The van der Waals surface area contributed by atoms with Gasteiger partial charge >= 0.3 is 0 Å². The zero-order chi connectivity index (χ0) is 38.7. The van der Waals surface area contributed by atoms with Crippen LogP contribution < -0.4 is 14.4 Å². The Morgan fingerprint density at radius 1 is 0.373 bits per heavy atom. The van der Waals surface area contributed by atoms with Crippen LogP contribution in [0.25, 0.3) is 55.3 Å². The van der Waals surface area contributed by atoms with Crippen molar-refractivity contribution in [2.75, 3.05) is 4.90 Å². The number of rotatable bonds is 4. The Kier molecular flexibility index (Phi) is 6.62. The van der Waals surface area contributed by atoms with Gasteiger partial charge in [0.2, 0.25) is 0 Å². The van der Waals surface area contributed by atoms with Crippen LogP contribution in [0.1, 0.15) is 22.3 Å². The second-order valence-electron chi connectivity index (χ2n) is 15.5. The molecule has 0 saturated carbocycles. The van der Waals surface area contributed by atoms with Gasteiger partial charge in [0.05, 0.1) is 11.1 Å². The first-order chi connectivity index (χ1) is 29.3. The maximum atomic E-state index is 7.30. The van der Waals surface area contributed by atoms with E-state index in [1.807, 2.05) is 30.3 Å². The molecule has 1 spiro atoms. The van der Waals surface area contributed by atoms with Crippen LogP contribution in [-0.2, 0) is 5.41 Å². The van der Waals surface area contributed by atoms with Crippen molar-refractivity contribution in [3.63, 3.8) is 0 Å². The van der Waals surface area contributed by atoms with E-state index in [2.05, 4.69) is 175 Å². The van der Waals surface area contributed by atoms with Crippen molar-refractivity contribution in [2.45, 2.75) is 5.41 Å². The van der Waals surface area contributed by atoms with Gasteiger partial charge in [-0.05, 0) is 111 Å². The third-order valence-electron chi connectivity index (χ3n) is 12.6. The first kappa shape index (κ1) is 32.3. The van der Waals surface area contributed by atoms with Crippen LogP contribution >= 0.6 is 0 Å². The lowest BCUT2D eigenvalue weighted by molar-refractivity contribution is 0.361. The molecule has 0 saturated heterocycles. The van der Waals surface area contributed by atoms with E-state index in [0.29, 0.717) is 17.2 Å². The summed E-state index contributed by atoms with van der Waals surface area (Å²) in [7, 11) is 0. The van der Waals surface area contributed by atoms with Gasteiger partial charge in [0.1, 0.15) is 11.2 Å². The Hall–Kier alpha value is -7.82. The van der Waals surface area contributed by atoms with Crippen LogP contribution in [0, 0.1) is 0 Å². The SMILES string of the molecule is c1ccc(N(c2ccc(-c3ccc4oc5ccccc5c4c3)cc2)c2cccc3c2Oc2c(ccc4c2-c2ccccc2C42c4ccccc4-c4ccccc42)O3)cc1. The topological polar surface area (TPSA) is 34.8 Å². The van der Waals surface area contributed by atoms with Gasteiger partial charge in [-0.15, -0.1) is 0 Å². The molecule has 0 atom stereocenters. The van der Waals surface area contributed by atoms with Gasteiger partial charge in [0, 0.05) is 27.7 Å². The summed E-state index contributed by atoms with van der Waals surface area (Å²) in [4.78, 5) is 2.26. The third-order valence-corrected chi connectivity index (χ3v) is 12.6. The molecule has 276 valence electrons. The minimum absolute atomic E-state index is 0.482. The maximum Gasteiger partial charge on any atom is 0.194 e. The highest BCUT2D eigenvalue weighted by atomic mass is 16.6. The quantitative estimate of drug-likeness (QED) is 0.179. The number of fused-ring (bicyclic) bond motifs is 16. The number of para-hydroxylation sites is 3. The van der Waals surface area contributed by atoms with Gasteiger partial charge in [-0.3, -0.25) is 0 Å².